The Balaban J connectivity index is 2.00. The largest absolute Gasteiger partial charge is 0.530 e. The van der Waals surface area contributed by atoms with Gasteiger partial charge in [0.05, 0.1) is 25.5 Å². The van der Waals surface area contributed by atoms with Gasteiger partial charge in [-0.3, -0.25) is 4.99 Å². The van der Waals surface area contributed by atoms with Gasteiger partial charge in [-0.15, -0.1) is 0 Å². The molecule has 1 fully saturated rings. The zero-order valence-corrected chi connectivity index (χ0v) is 10.1. The SMILES string of the molecule is C[N+]12C=CN=CC1=C(C1CCCN1C(=O)[O-])N=C2. The van der Waals surface area contributed by atoms with Crippen molar-refractivity contribution in [3.8, 4) is 0 Å². The standard InChI is InChI=1S/C12H14N4O2/c1-16-6-4-13-7-10(16)11(14-8-16)9-3-2-5-15(9)12(17)18/h4,6-9H,2-3,5H2,1H3. The van der Waals surface area contributed by atoms with Crippen LogP contribution >= 0.6 is 0 Å². The number of quaternary nitrogens is 1. The van der Waals surface area contributed by atoms with Gasteiger partial charge in [-0.2, -0.15) is 4.99 Å². The van der Waals surface area contributed by atoms with Crippen molar-refractivity contribution in [3.05, 3.63) is 23.8 Å². The number of hydrogen-bond acceptors (Lipinski definition) is 4. The second kappa shape index (κ2) is 3.78. The Morgan fingerprint density at radius 3 is 3.22 bits per heavy atom. The molecule has 3 rings (SSSR count). The lowest BCUT2D eigenvalue weighted by Gasteiger charge is -2.28. The molecule has 0 aromatic heterocycles. The number of carbonyl (C=O) groups excluding carboxylic acids is 1. The van der Waals surface area contributed by atoms with Crippen LogP contribution in [-0.4, -0.2) is 47.7 Å². The summed E-state index contributed by atoms with van der Waals surface area (Å²) in [5.41, 5.74) is 1.74. The highest BCUT2D eigenvalue weighted by Crippen LogP contribution is 2.33. The topological polar surface area (TPSA) is 68.1 Å². The molecule has 0 radical (unpaired) electrons. The number of hydrogen-bond donors (Lipinski definition) is 0. The zero-order valence-electron chi connectivity index (χ0n) is 10.1. The first kappa shape index (κ1) is 11.2. The van der Waals surface area contributed by atoms with Crippen molar-refractivity contribution < 1.29 is 14.4 Å². The molecule has 0 aromatic rings. The number of fused-ring (bicyclic) bond motifs is 1. The monoisotopic (exact) mass is 246 g/mol. The van der Waals surface area contributed by atoms with E-state index in [0.717, 1.165) is 24.2 Å². The Kier molecular flexibility index (Phi) is 2.34. The lowest BCUT2D eigenvalue weighted by Crippen LogP contribution is -2.45. The number of amides is 1. The number of rotatable bonds is 1. The van der Waals surface area contributed by atoms with Gasteiger partial charge in [-0.05, 0) is 12.8 Å². The van der Waals surface area contributed by atoms with Gasteiger partial charge < -0.3 is 14.8 Å². The highest BCUT2D eigenvalue weighted by atomic mass is 16.4. The van der Waals surface area contributed by atoms with Crippen LogP contribution in [0.2, 0.25) is 0 Å². The average Bonchev–Trinajstić information content (AvgIpc) is 2.91. The van der Waals surface area contributed by atoms with E-state index in [-0.39, 0.29) is 6.04 Å². The summed E-state index contributed by atoms with van der Waals surface area (Å²) in [5, 5.41) is 11.1. The summed E-state index contributed by atoms with van der Waals surface area (Å²) < 4.78 is 0.455. The van der Waals surface area contributed by atoms with E-state index < -0.39 is 6.09 Å². The van der Waals surface area contributed by atoms with Crippen molar-refractivity contribution in [3.63, 3.8) is 0 Å². The van der Waals surface area contributed by atoms with Gasteiger partial charge in [-0.25, -0.2) is 4.48 Å². The van der Waals surface area contributed by atoms with Gasteiger partial charge in [0.15, 0.2) is 12.0 Å². The first-order valence-electron chi connectivity index (χ1n) is 5.96. The van der Waals surface area contributed by atoms with Crippen LogP contribution in [0.5, 0.6) is 0 Å². The van der Waals surface area contributed by atoms with Crippen molar-refractivity contribution in [2.75, 3.05) is 13.6 Å². The molecule has 18 heavy (non-hydrogen) atoms. The summed E-state index contributed by atoms with van der Waals surface area (Å²) in [4.78, 5) is 21.0. The smallest absolute Gasteiger partial charge is 0.200 e. The van der Waals surface area contributed by atoms with E-state index >= 15 is 0 Å². The lowest BCUT2D eigenvalue weighted by molar-refractivity contribution is -0.706. The van der Waals surface area contributed by atoms with Gasteiger partial charge in [0.1, 0.15) is 18.0 Å². The molecule has 0 N–H and O–H groups in total. The predicted octanol–water partition coefficient (Wildman–Crippen LogP) is 0.0498. The molecular formula is C12H14N4O2. The molecule has 6 heteroatoms. The first-order valence-corrected chi connectivity index (χ1v) is 5.96. The van der Waals surface area contributed by atoms with E-state index in [1.807, 2.05) is 13.2 Å². The van der Waals surface area contributed by atoms with Gasteiger partial charge in [0.2, 0.25) is 0 Å². The lowest BCUT2D eigenvalue weighted by atomic mass is 10.1. The van der Waals surface area contributed by atoms with Crippen molar-refractivity contribution in [1.82, 2.24) is 4.90 Å². The molecule has 0 aromatic carbocycles. The van der Waals surface area contributed by atoms with Crippen LogP contribution in [-0.2, 0) is 0 Å². The summed E-state index contributed by atoms with van der Waals surface area (Å²) in [7, 11) is 1.99. The minimum absolute atomic E-state index is 0.195. The summed E-state index contributed by atoms with van der Waals surface area (Å²) in [5.74, 6) is 0. The van der Waals surface area contributed by atoms with Crippen LogP contribution in [0.4, 0.5) is 4.79 Å². The van der Waals surface area contributed by atoms with Crippen LogP contribution < -0.4 is 5.11 Å². The van der Waals surface area contributed by atoms with Crippen molar-refractivity contribution in [2.45, 2.75) is 18.9 Å². The van der Waals surface area contributed by atoms with Crippen molar-refractivity contribution in [1.29, 1.82) is 0 Å². The minimum atomic E-state index is -1.12. The molecule has 94 valence electrons. The molecule has 3 heterocycles. The first-order chi connectivity index (χ1) is 8.62. The number of allylic oxidation sites excluding steroid dienone is 1. The third-order valence-corrected chi connectivity index (χ3v) is 3.68. The van der Waals surface area contributed by atoms with E-state index in [1.165, 1.54) is 4.90 Å². The number of carbonyl (C=O) groups is 1. The van der Waals surface area contributed by atoms with E-state index in [4.69, 9.17) is 0 Å². The molecule has 0 aliphatic carbocycles. The number of aliphatic imine (C=N–C) groups is 2. The number of nitrogens with zero attached hydrogens (tertiary/aromatic N) is 4. The van der Waals surface area contributed by atoms with Crippen LogP contribution in [0.25, 0.3) is 0 Å². The Hall–Kier alpha value is -1.95. The highest BCUT2D eigenvalue weighted by Gasteiger charge is 2.40. The Morgan fingerprint density at radius 1 is 1.61 bits per heavy atom. The number of likely N-dealkylation sites (tertiary alicyclic amines) is 1. The van der Waals surface area contributed by atoms with E-state index in [1.54, 1.807) is 18.8 Å². The molecule has 3 aliphatic heterocycles. The number of carboxylic acid groups (broad SMARTS) is 1. The summed E-state index contributed by atoms with van der Waals surface area (Å²) in [6.07, 6.45) is 7.73. The third-order valence-electron chi connectivity index (χ3n) is 3.68. The van der Waals surface area contributed by atoms with Crippen LogP contribution in [0, 0.1) is 0 Å². The van der Waals surface area contributed by atoms with E-state index in [2.05, 4.69) is 9.98 Å². The maximum Gasteiger partial charge on any atom is 0.200 e. The summed E-state index contributed by atoms with van der Waals surface area (Å²) >= 11 is 0. The third kappa shape index (κ3) is 1.49. The quantitative estimate of drug-likeness (QED) is 0.613. The molecule has 2 unspecified atom stereocenters. The maximum atomic E-state index is 11.1. The molecule has 1 amide bonds. The predicted molar refractivity (Wildman–Crippen MR) is 64.5 cm³/mol. The summed E-state index contributed by atoms with van der Waals surface area (Å²) in [6.45, 7) is 0.524. The van der Waals surface area contributed by atoms with E-state index in [0.29, 0.717) is 11.0 Å². The molecule has 0 spiro atoms. The molecule has 0 bridgehead atoms. The minimum Gasteiger partial charge on any atom is -0.530 e. The zero-order chi connectivity index (χ0) is 12.8. The molecule has 1 saturated heterocycles. The second-order valence-electron chi connectivity index (χ2n) is 4.86. The molecule has 3 aliphatic rings. The van der Waals surface area contributed by atoms with Crippen molar-refractivity contribution >= 4 is 18.6 Å². The Labute approximate surface area is 105 Å². The van der Waals surface area contributed by atoms with Gasteiger partial charge in [0.25, 0.3) is 0 Å². The van der Waals surface area contributed by atoms with Gasteiger partial charge in [-0.1, -0.05) is 0 Å². The molecule has 0 saturated carbocycles. The van der Waals surface area contributed by atoms with Gasteiger partial charge in [0, 0.05) is 6.54 Å². The second-order valence-corrected chi connectivity index (χ2v) is 4.86. The molecule has 2 atom stereocenters. The Morgan fingerprint density at radius 2 is 2.44 bits per heavy atom. The van der Waals surface area contributed by atoms with Crippen LogP contribution in [0.15, 0.2) is 33.8 Å². The van der Waals surface area contributed by atoms with Crippen molar-refractivity contribution in [2.24, 2.45) is 9.98 Å². The molecular weight excluding hydrogens is 232 g/mol. The fourth-order valence-corrected chi connectivity index (χ4v) is 2.68. The van der Waals surface area contributed by atoms with Crippen LogP contribution in [0.1, 0.15) is 12.8 Å². The normalized spacial score (nSPS) is 33.4. The fraction of sp³-hybridized carbons (Fsp3) is 0.417. The average molecular weight is 246 g/mol. The molecule has 6 nitrogen and oxygen atoms in total. The Bertz CT molecular complexity index is 520. The maximum absolute atomic E-state index is 11.1. The summed E-state index contributed by atoms with van der Waals surface area (Å²) in [6, 6.07) is -0.195. The highest BCUT2D eigenvalue weighted by molar-refractivity contribution is 5.83. The van der Waals surface area contributed by atoms with Gasteiger partial charge >= 0.3 is 0 Å². The van der Waals surface area contributed by atoms with E-state index in [9.17, 15) is 9.90 Å². The fourth-order valence-electron chi connectivity index (χ4n) is 2.68. The van der Waals surface area contributed by atoms with Crippen LogP contribution in [0.3, 0.4) is 0 Å².